The minimum absolute atomic E-state index is 0.138. The van der Waals surface area contributed by atoms with Crippen molar-refractivity contribution in [3.63, 3.8) is 0 Å². The van der Waals surface area contributed by atoms with Crippen LogP contribution >= 0.6 is 35.0 Å². The Balaban J connectivity index is 1.57. The van der Waals surface area contributed by atoms with Crippen LogP contribution in [-0.4, -0.2) is 17.1 Å². The number of hydrogen-bond acceptors (Lipinski definition) is 3. The van der Waals surface area contributed by atoms with Crippen molar-refractivity contribution in [3.8, 4) is 0 Å². The van der Waals surface area contributed by atoms with Crippen LogP contribution in [0.15, 0.2) is 77.7 Å². The first kappa shape index (κ1) is 21.2. The molecule has 4 nitrogen and oxygen atoms in total. The number of para-hydroxylation sites is 1. The molecule has 0 aromatic heterocycles. The van der Waals surface area contributed by atoms with E-state index in [0.29, 0.717) is 27.0 Å². The topological polar surface area (TPSA) is 58.2 Å². The normalized spacial score (nSPS) is 11.6. The second-order valence-corrected chi connectivity index (χ2v) is 8.48. The van der Waals surface area contributed by atoms with E-state index in [0.717, 1.165) is 4.90 Å². The molecule has 0 saturated carbocycles. The Kier molecular flexibility index (Phi) is 7.20. The van der Waals surface area contributed by atoms with Crippen LogP contribution in [0.4, 0.5) is 11.4 Å². The van der Waals surface area contributed by atoms with Crippen molar-refractivity contribution < 1.29 is 9.59 Å². The summed E-state index contributed by atoms with van der Waals surface area (Å²) in [6.45, 7) is 1.83. The predicted octanol–water partition coefficient (Wildman–Crippen LogP) is 6.37. The van der Waals surface area contributed by atoms with Gasteiger partial charge in [0.25, 0.3) is 5.91 Å². The SMILES string of the molecule is CC(Sc1ccc(NC(=O)c2cccc(Cl)c2)cc1)C(=O)Nc1ccccc1Cl. The summed E-state index contributed by atoms with van der Waals surface area (Å²) in [6, 6.07) is 21.2. The van der Waals surface area contributed by atoms with Gasteiger partial charge in [-0.15, -0.1) is 11.8 Å². The van der Waals surface area contributed by atoms with Crippen molar-refractivity contribution in [2.24, 2.45) is 0 Å². The fourth-order valence-corrected chi connectivity index (χ4v) is 3.75. The summed E-state index contributed by atoms with van der Waals surface area (Å²) in [5.74, 6) is -0.373. The van der Waals surface area contributed by atoms with Gasteiger partial charge < -0.3 is 10.6 Å². The van der Waals surface area contributed by atoms with E-state index in [1.54, 1.807) is 48.5 Å². The molecule has 3 aromatic carbocycles. The number of amides is 2. The first-order valence-electron chi connectivity index (χ1n) is 8.81. The Hall–Kier alpha value is -2.47. The van der Waals surface area contributed by atoms with Gasteiger partial charge in [-0.1, -0.05) is 41.4 Å². The number of carbonyl (C=O) groups is 2. The molecule has 0 aliphatic carbocycles. The molecule has 7 heteroatoms. The van der Waals surface area contributed by atoms with E-state index >= 15 is 0 Å². The standard InChI is InChI=1S/C22H18Cl2N2O2S/c1-14(21(27)26-20-8-3-2-7-19(20)24)29-18-11-9-17(10-12-18)25-22(28)15-5-4-6-16(23)13-15/h2-14H,1H3,(H,25,28)(H,26,27). The van der Waals surface area contributed by atoms with Gasteiger partial charge in [0, 0.05) is 21.2 Å². The van der Waals surface area contributed by atoms with Crippen LogP contribution in [0.1, 0.15) is 17.3 Å². The Bertz CT molecular complexity index is 1030. The largest absolute Gasteiger partial charge is 0.324 e. The number of thioether (sulfide) groups is 1. The van der Waals surface area contributed by atoms with E-state index in [1.165, 1.54) is 11.8 Å². The molecule has 29 heavy (non-hydrogen) atoms. The third kappa shape index (κ3) is 6.00. The quantitative estimate of drug-likeness (QED) is 0.434. The molecule has 0 aliphatic heterocycles. The monoisotopic (exact) mass is 444 g/mol. The smallest absolute Gasteiger partial charge is 0.255 e. The van der Waals surface area contributed by atoms with E-state index in [-0.39, 0.29) is 17.1 Å². The highest BCUT2D eigenvalue weighted by atomic mass is 35.5. The maximum absolute atomic E-state index is 12.4. The molecular formula is C22H18Cl2N2O2S. The van der Waals surface area contributed by atoms with Crippen LogP contribution < -0.4 is 10.6 Å². The second-order valence-electron chi connectivity index (χ2n) is 6.22. The van der Waals surface area contributed by atoms with Gasteiger partial charge in [-0.05, 0) is 61.5 Å². The molecule has 1 unspecified atom stereocenters. The molecule has 0 aliphatic rings. The zero-order chi connectivity index (χ0) is 20.8. The lowest BCUT2D eigenvalue weighted by atomic mass is 10.2. The Morgan fingerprint density at radius 2 is 1.62 bits per heavy atom. The molecule has 0 radical (unpaired) electrons. The van der Waals surface area contributed by atoms with Gasteiger partial charge in [-0.25, -0.2) is 0 Å². The van der Waals surface area contributed by atoms with Crippen molar-refractivity contribution >= 4 is 58.2 Å². The summed E-state index contributed by atoms with van der Waals surface area (Å²) in [5, 5.41) is 6.34. The molecule has 0 spiro atoms. The Labute approximate surface area is 183 Å². The van der Waals surface area contributed by atoms with Crippen LogP contribution in [0.2, 0.25) is 10.0 Å². The molecule has 0 heterocycles. The van der Waals surface area contributed by atoms with Crippen molar-refractivity contribution in [2.75, 3.05) is 10.6 Å². The number of nitrogens with one attached hydrogen (secondary N) is 2. The van der Waals surface area contributed by atoms with E-state index in [9.17, 15) is 9.59 Å². The molecule has 3 aromatic rings. The minimum Gasteiger partial charge on any atom is -0.324 e. The maximum Gasteiger partial charge on any atom is 0.255 e. The number of anilines is 2. The highest BCUT2D eigenvalue weighted by Crippen LogP contribution is 2.27. The minimum atomic E-state index is -0.321. The van der Waals surface area contributed by atoms with Gasteiger partial charge in [-0.3, -0.25) is 9.59 Å². The first-order chi connectivity index (χ1) is 13.9. The van der Waals surface area contributed by atoms with Crippen molar-refractivity contribution in [3.05, 3.63) is 88.4 Å². The van der Waals surface area contributed by atoms with Crippen molar-refractivity contribution in [1.29, 1.82) is 0 Å². The fraction of sp³-hybridized carbons (Fsp3) is 0.0909. The summed E-state index contributed by atoms with van der Waals surface area (Å²) in [6.07, 6.45) is 0. The number of hydrogen-bond donors (Lipinski definition) is 2. The second kappa shape index (κ2) is 9.83. The zero-order valence-electron chi connectivity index (χ0n) is 15.5. The van der Waals surface area contributed by atoms with E-state index < -0.39 is 0 Å². The molecule has 1 atom stereocenters. The van der Waals surface area contributed by atoms with E-state index in [1.807, 2.05) is 31.2 Å². The molecular weight excluding hydrogens is 427 g/mol. The van der Waals surface area contributed by atoms with Gasteiger partial charge in [0.2, 0.25) is 5.91 Å². The molecule has 0 fully saturated rings. The van der Waals surface area contributed by atoms with Crippen LogP contribution in [-0.2, 0) is 4.79 Å². The predicted molar refractivity (Wildman–Crippen MR) is 121 cm³/mol. The van der Waals surface area contributed by atoms with E-state index in [4.69, 9.17) is 23.2 Å². The maximum atomic E-state index is 12.4. The Morgan fingerprint density at radius 1 is 0.897 bits per heavy atom. The Morgan fingerprint density at radius 3 is 2.31 bits per heavy atom. The average molecular weight is 445 g/mol. The van der Waals surface area contributed by atoms with Crippen LogP contribution in [0.3, 0.4) is 0 Å². The van der Waals surface area contributed by atoms with Gasteiger partial charge >= 0.3 is 0 Å². The molecule has 0 saturated heterocycles. The fourth-order valence-electron chi connectivity index (χ4n) is 2.50. The van der Waals surface area contributed by atoms with Crippen molar-refractivity contribution in [2.45, 2.75) is 17.1 Å². The summed E-state index contributed by atoms with van der Waals surface area (Å²) < 4.78 is 0. The summed E-state index contributed by atoms with van der Waals surface area (Å²) in [5.41, 5.74) is 1.74. The van der Waals surface area contributed by atoms with E-state index in [2.05, 4.69) is 10.6 Å². The number of rotatable bonds is 6. The van der Waals surface area contributed by atoms with Gasteiger partial charge in [0.15, 0.2) is 0 Å². The van der Waals surface area contributed by atoms with Crippen LogP contribution in [0, 0.1) is 0 Å². The number of halogens is 2. The molecule has 2 amide bonds. The van der Waals surface area contributed by atoms with Crippen LogP contribution in [0.5, 0.6) is 0 Å². The highest BCUT2D eigenvalue weighted by molar-refractivity contribution is 8.00. The average Bonchev–Trinajstić information content (AvgIpc) is 2.71. The van der Waals surface area contributed by atoms with Crippen LogP contribution in [0.25, 0.3) is 0 Å². The number of carbonyl (C=O) groups excluding carboxylic acids is 2. The molecule has 3 rings (SSSR count). The summed E-state index contributed by atoms with van der Waals surface area (Å²) >= 11 is 13.4. The zero-order valence-corrected chi connectivity index (χ0v) is 17.8. The van der Waals surface area contributed by atoms with Crippen molar-refractivity contribution in [1.82, 2.24) is 0 Å². The lowest BCUT2D eigenvalue weighted by Gasteiger charge is -2.13. The summed E-state index contributed by atoms with van der Waals surface area (Å²) in [7, 11) is 0. The molecule has 0 bridgehead atoms. The number of benzene rings is 3. The van der Waals surface area contributed by atoms with Gasteiger partial charge in [0.1, 0.15) is 0 Å². The van der Waals surface area contributed by atoms with Gasteiger partial charge in [0.05, 0.1) is 16.0 Å². The first-order valence-corrected chi connectivity index (χ1v) is 10.4. The molecule has 2 N–H and O–H groups in total. The molecule has 148 valence electrons. The third-order valence-electron chi connectivity index (χ3n) is 4.01. The lowest BCUT2D eigenvalue weighted by molar-refractivity contribution is -0.115. The summed E-state index contributed by atoms with van der Waals surface area (Å²) in [4.78, 5) is 25.6. The third-order valence-corrected chi connectivity index (χ3v) is 5.69. The van der Waals surface area contributed by atoms with Gasteiger partial charge in [-0.2, -0.15) is 0 Å². The lowest BCUT2D eigenvalue weighted by Crippen LogP contribution is -2.22. The highest BCUT2D eigenvalue weighted by Gasteiger charge is 2.16.